The summed E-state index contributed by atoms with van der Waals surface area (Å²) in [5.74, 6) is 0.402. The van der Waals surface area contributed by atoms with Crippen LogP contribution in [0.25, 0.3) is 0 Å². The molecule has 0 radical (unpaired) electrons. The van der Waals surface area contributed by atoms with Crippen LogP contribution in [0.4, 0.5) is 4.39 Å². The van der Waals surface area contributed by atoms with Gasteiger partial charge in [0.15, 0.2) is 5.96 Å². The van der Waals surface area contributed by atoms with E-state index in [0.29, 0.717) is 19.0 Å². The number of benzene rings is 1. The molecule has 22 heavy (non-hydrogen) atoms. The van der Waals surface area contributed by atoms with Gasteiger partial charge >= 0.3 is 0 Å². The average Bonchev–Trinajstić information content (AvgIpc) is 3.23. The molecule has 122 valence electrons. The maximum atomic E-state index is 13.9. The summed E-state index contributed by atoms with van der Waals surface area (Å²) in [6.45, 7) is 0.873. The SMILES string of the molecule is CN=C(NCCS(C)(=O)=O)NCC1(c2ccccc2F)CC1. The molecule has 2 N–H and O–H groups in total. The van der Waals surface area contributed by atoms with Crippen LogP contribution in [0.3, 0.4) is 0 Å². The summed E-state index contributed by atoms with van der Waals surface area (Å²) < 4.78 is 36.1. The highest BCUT2D eigenvalue weighted by atomic mass is 32.2. The Morgan fingerprint density at radius 3 is 2.55 bits per heavy atom. The number of rotatable bonds is 6. The van der Waals surface area contributed by atoms with Crippen molar-refractivity contribution in [3.05, 3.63) is 35.6 Å². The topological polar surface area (TPSA) is 70.6 Å². The van der Waals surface area contributed by atoms with Crippen LogP contribution >= 0.6 is 0 Å². The highest BCUT2D eigenvalue weighted by Gasteiger charge is 2.45. The molecular formula is C15H22FN3O2S. The first-order valence-electron chi connectivity index (χ1n) is 7.24. The zero-order valence-corrected chi connectivity index (χ0v) is 13.7. The van der Waals surface area contributed by atoms with E-state index in [2.05, 4.69) is 15.6 Å². The number of sulfone groups is 1. The molecule has 1 fully saturated rings. The second-order valence-electron chi connectivity index (χ2n) is 5.74. The molecule has 0 bridgehead atoms. The molecule has 0 amide bonds. The van der Waals surface area contributed by atoms with Gasteiger partial charge in [0.1, 0.15) is 15.7 Å². The second kappa shape index (κ2) is 6.64. The van der Waals surface area contributed by atoms with E-state index in [1.807, 2.05) is 12.1 Å². The first-order valence-corrected chi connectivity index (χ1v) is 9.30. The van der Waals surface area contributed by atoms with Crippen molar-refractivity contribution in [3.8, 4) is 0 Å². The van der Waals surface area contributed by atoms with Crippen molar-refractivity contribution in [2.45, 2.75) is 18.3 Å². The maximum Gasteiger partial charge on any atom is 0.191 e. The van der Waals surface area contributed by atoms with Crippen molar-refractivity contribution in [1.82, 2.24) is 10.6 Å². The van der Waals surface area contributed by atoms with Crippen molar-refractivity contribution < 1.29 is 12.8 Å². The van der Waals surface area contributed by atoms with Gasteiger partial charge in [0.25, 0.3) is 0 Å². The van der Waals surface area contributed by atoms with Gasteiger partial charge in [-0.1, -0.05) is 18.2 Å². The summed E-state index contributed by atoms with van der Waals surface area (Å²) in [5, 5.41) is 6.12. The molecule has 0 heterocycles. The normalized spacial score (nSPS) is 17.1. The standard InChI is InChI=1S/C15H22FN3O2S/c1-17-14(18-9-10-22(2,20)21)19-11-15(7-8-15)12-5-3-4-6-13(12)16/h3-6H,7-11H2,1-2H3,(H2,17,18,19). The highest BCUT2D eigenvalue weighted by molar-refractivity contribution is 7.90. The Morgan fingerprint density at radius 2 is 2.00 bits per heavy atom. The van der Waals surface area contributed by atoms with Crippen LogP contribution in [0.1, 0.15) is 18.4 Å². The first kappa shape index (κ1) is 16.7. The average molecular weight is 327 g/mol. The molecule has 2 rings (SSSR count). The molecule has 1 aliphatic carbocycles. The number of nitrogens with zero attached hydrogens (tertiary/aromatic N) is 1. The van der Waals surface area contributed by atoms with E-state index in [0.717, 1.165) is 18.4 Å². The zero-order chi connectivity index (χ0) is 16.2. The molecule has 0 aromatic heterocycles. The molecule has 0 unspecified atom stereocenters. The fraction of sp³-hybridized carbons (Fsp3) is 0.533. The molecule has 5 nitrogen and oxygen atoms in total. The predicted octanol–water partition coefficient (Wildman–Crippen LogP) is 1.07. The molecule has 0 saturated heterocycles. The Hall–Kier alpha value is -1.63. The fourth-order valence-corrected chi connectivity index (χ4v) is 2.88. The summed E-state index contributed by atoms with van der Waals surface area (Å²) in [6.07, 6.45) is 3.06. The van der Waals surface area contributed by atoms with Crippen LogP contribution in [-0.2, 0) is 15.3 Å². The summed E-state index contributed by atoms with van der Waals surface area (Å²) in [6, 6.07) is 6.84. The molecule has 0 atom stereocenters. The van der Waals surface area contributed by atoms with Crippen LogP contribution in [-0.4, -0.2) is 46.5 Å². The second-order valence-corrected chi connectivity index (χ2v) is 8.00. The van der Waals surface area contributed by atoms with E-state index >= 15 is 0 Å². The van der Waals surface area contributed by atoms with Crippen LogP contribution in [0.2, 0.25) is 0 Å². The lowest BCUT2D eigenvalue weighted by molar-refractivity contribution is 0.560. The van der Waals surface area contributed by atoms with Gasteiger partial charge in [-0.3, -0.25) is 4.99 Å². The first-order chi connectivity index (χ1) is 10.4. The van der Waals surface area contributed by atoms with Gasteiger partial charge in [0.05, 0.1) is 5.75 Å². The van der Waals surface area contributed by atoms with Crippen molar-refractivity contribution in [3.63, 3.8) is 0 Å². The van der Waals surface area contributed by atoms with Gasteiger partial charge in [0.2, 0.25) is 0 Å². The van der Waals surface area contributed by atoms with Crippen LogP contribution in [0.5, 0.6) is 0 Å². The van der Waals surface area contributed by atoms with E-state index in [-0.39, 0.29) is 17.0 Å². The van der Waals surface area contributed by atoms with Gasteiger partial charge in [-0.2, -0.15) is 0 Å². The molecule has 0 aliphatic heterocycles. The number of guanidine groups is 1. The third kappa shape index (κ3) is 4.43. The monoisotopic (exact) mass is 327 g/mol. The van der Waals surface area contributed by atoms with Gasteiger partial charge in [-0.25, -0.2) is 12.8 Å². The minimum Gasteiger partial charge on any atom is -0.356 e. The number of halogens is 1. The molecule has 1 saturated carbocycles. The summed E-state index contributed by atoms with van der Waals surface area (Å²) >= 11 is 0. The Kier molecular flexibility index (Phi) is 5.05. The highest BCUT2D eigenvalue weighted by Crippen LogP contribution is 2.48. The molecular weight excluding hydrogens is 305 g/mol. The molecule has 7 heteroatoms. The van der Waals surface area contributed by atoms with E-state index in [4.69, 9.17) is 0 Å². The van der Waals surface area contributed by atoms with Gasteiger partial charge in [0, 0.05) is 31.8 Å². The van der Waals surface area contributed by atoms with Crippen molar-refractivity contribution in [2.24, 2.45) is 4.99 Å². The Morgan fingerprint density at radius 1 is 1.32 bits per heavy atom. The molecule has 1 aromatic carbocycles. The lowest BCUT2D eigenvalue weighted by Crippen LogP contribution is -2.42. The Balaban J connectivity index is 1.90. The fourth-order valence-electron chi connectivity index (χ4n) is 2.41. The lowest BCUT2D eigenvalue weighted by Gasteiger charge is -2.19. The van der Waals surface area contributed by atoms with Gasteiger partial charge < -0.3 is 10.6 Å². The minimum atomic E-state index is -3.00. The lowest BCUT2D eigenvalue weighted by atomic mass is 9.95. The summed E-state index contributed by atoms with van der Waals surface area (Å²) in [4.78, 5) is 4.06. The number of nitrogens with one attached hydrogen (secondary N) is 2. The number of aliphatic imine (C=N–C) groups is 1. The van der Waals surface area contributed by atoms with Crippen molar-refractivity contribution >= 4 is 15.8 Å². The predicted molar refractivity (Wildman–Crippen MR) is 86.4 cm³/mol. The Labute approximate surface area is 130 Å². The summed E-state index contributed by atoms with van der Waals surface area (Å²) in [5.41, 5.74) is 0.550. The van der Waals surface area contributed by atoms with Gasteiger partial charge in [-0.15, -0.1) is 0 Å². The van der Waals surface area contributed by atoms with Crippen molar-refractivity contribution in [2.75, 3.05) is 32.1 Å². The van der Waals surface area contributed by atoms with Crippen LogP contribution in [0.15, 0.2) is 29.3 Å². The van der Waals surface area contributed by atoms with Crippen LogP contribution in [0, 0.1) is 5.82 Å². The number of hydrogen-bond acceptors (Lipinski definition) is 3. The minimum absolute atomic E-state index is 0.0478. The Bertz CT molecular complexity index is 655. The largest absolute Gasteiger partial charge is 0.356 e. The van der Waals surface area contributed by atoms with Crippen molar-refractivity contribution in [1.29, 1.82) is 0 Å². The maximum absolute atomic E-state index is 13.9. The van der Waals surface area contributed by atoms with Crippen LogP contribution < -0.4 is 10.6 Å². The molecule has 1 aromatic rings. The van der Waals surface area contributed by atoms with Gasteiger partial charge in [-0.05, 0) is 24.5 Å². The zero-order valence-electron chi connectivity index (χ0n) is 12.9. The quantitative estimate of drug-likeness (QED) is 0.606. The third-order valence-electron chi connectivity index (χ3n) is 3.88. The molecule has 1 aliphatic rings. The molecule has 0 spiro atoms. The van der Waals surface area contributed by atoms with E-state index in [1.165, 1.54) is 12.3 Å². The smallest absolute Gasteiger partial charge is 0.191 e. The summed E-state index contributed by atoms with van der Waals surface area (Å²) in [7, 11) is -1.38. The third-order valence-corrected chi connectivity index (χ3v) is 4.83. The van der Waals surface area contributed by atoms with E-state index in [9.17, 15) is 12.8 Å². The van der Waals surface area contributed by atoms with E-state index in [1.54, 1.807) is 13.1 Å². The van der Waals surface area contributed by atoms with E-state index < -0.39 is 9.84 Å². The number of hydrogen-bond donors (Lipinski definition) is 2.